The topological polar surface area (TPSA) is 23.6 Å². The summed E-state index contributed by atoms with van der Waals surface area (Å²) >= 11 is 0. The molecule has 0 aromatic carbocycles. The van der Waals surface area contributed by atoms with E-state index in [9.17, 15) is 4.79 Å². The van der Waals surface area contributed by atoms with Crippen molar-refractivity contribution in [2.24, 2.45) is 17.8 Å². The van der Waals surface area contributed by atoms with Gasteiger partial charge in [0.1, 0.15) is 0 Å². The highest BCUT2D eigenvalue weighted by atomic mass is 16.2. The monoisotopic (exact) mass is 236 g/mol. The number of hydrogen-bond acceptors (Lipinski definition) is 2. The van der Waals surface area contributed by atoms with Crippen molar-refractivity contribution in [2.45, 2.75) is 38.6 Å². The van der Waals surface area contributed by atoms with Gasteiger partial charge in [-0.25, -0.2) is 0 Å². The summed E-state index contributed by atoms with van der Waals surface area (Å²) in [4.78, 5) is 17.0. The Morgan fingerprint density at radius 1 is 1.18 bits per heavy atom. The van der Waals surface area contributed by atoms with Crippen LogP contribution in [0.2, 0.25) is 0 Å². The van der Waals surface area contributed by atoms with Gasteiger partial charge in [-0.05, 0) is 44.6 Å². The average Bonchev–Trinajstić information content (AvgIpc) is 2.96. The standard InChI is InChI=1S/C14H24N2O/c1-3-13-9-16(5-4-15(13)2)14(17)12-7-10-6-11(10)8-12/h10-13H,3-9H2,1-2H3. The maximum Gasteiger partial charge on any atom is 0.225 e. The number of piperazine rings is 1. The summed E-state index contributed by atoms with van der Waals surface area (Å²) in [7, 11) is 2.18. The van der Waals surface area contributed by atoms with E-state index in [0.29, 0.717) is 17.9 Å². The summed E-state index contributed by atoms with van der Waals surface area (Å²) < 4.78 is 0. The Kier molecular flexibility index (Phi) is 2.89. The van der Waals surface area contributed by atoms with Gasteiger partial charge in [-0.15, -0.1) is 0 Å². The van der Waals surface area contributed by atoms with Gasteiger partial charge >= 0.3 is 0 Å². The number of amides is 1. The minimum Gasteiger partial charge on any atom is -0.340 e. The van der Waals surface area contributed by atoms with E-state index in [1.807, 2.05) is 0 Å². The highest BCUT2D eigenvalue weighted by Crippen LogP contribution is 2.54. The molecule has 3 atom stereocenters. The molecule has 1 aliphatic heterocycles. The van der Waals surface area contributed by atoms with Gasteiger partial charge in [0.2, 0.25) is 5.91 Å². The smallest absolute Gasteiger partial charge is 0.225 e. The molecule has 2 saturated carbocycles. The van der Waals surface area contributed by atoms with E-state index < -0.39 is 0 Å². The van der Waals surface area contributed by atoms with E-state index in [0.717, 1.165) is 37.9 Å². The molecule has 3 nitrogen and oxygen atoms in total. The third kappa shape index (κ3) is 2.10. The van der Waals surface area contributed by atoms with Crippen LogP contribution in [0.4, 0.5) is 0 Å². The molecular formula is C14H24N2O. The minimum absolute atomic E-state index is 0.375. The number of nitrogens with zero attached hydrogens (tertiary/aromatic N) is 2. The number of fused-ring (bicyclic) bond motifs is 1. The summed E-state index contributed by atoms with van der Waals surface area (Å²) in [6.45, 7) is 5.17. The molecule has 3 fully saturated rings. The molecule has 1 saturated heterocycles. The van der Waals surface area contributed by atoms with Crippen LogP contribution in [0.3, 0.4) is 0 Å². The van der Waals surface area contributed by atoms with Crippen molar-refractivity contribution in [3.8, 4) is 0 Å². The molecule has 0 aromatic rings. The molecular weight excluding hydrogens is 212 g/mol. The average molecular weight is 236 g/mol. The van der Waals surface area contributed by atoms with E-state index in [2.05, 4.69) is 23.8 Å². The van der Waals surface area contributed by atoms with Crippen molar-refractivity contribution in [3.63, 3.8) is 0 Å². The van der Waals surface area contributed by atoms with Gasteiger partial charge in [-0.3, -0.25) is 9.69 Å². The van der Waals surface area contributed by atoms with Gasteiger partial charge in [0.25, 0.3) is 0 Å². The number of likely N-dealkylation sites (N-methyl/N-ethyl adjacent to an activating group) is 1. The second kappa shape index (κ2) is 4.27. The fourth-order valence-electron chi connectivity index (χ4n) is 3.76. The molecule has 96 valence electrons. The quantitative estimate of drug-likeness (QED) is 0.727. The van der Waals surface area contributed by atoms with Gasteiger partial charge in [0.15, 0.2) is 0 Å². The van der Waals surface area contributed by atoms with Gasteiger partial charge in [0.05, 0.1) is 0 Å². The van der Waals surface area contributed by atoms with Crippen LogP contribution in [0.5, 0.6) is 0 Å². The van der Waals surface area contributed by atoms with Crippen LogP contribution in [-0.4, -0.2) is 48.4 Å². The van der Waals surface area contributed by atoms with Gasteiger partial charge in [-0.2, -0.15) is 0 Å². The van der Waals surface area contributed by atoms with E-state index in [1.54, 1.807) is 0 Å². The Morgan fingerprint density at radius 2 is 1.88 bits per heavy atom. The highest BCUT2D eigenvalue weighted by Gasteiger charge is 2.49. The number of carbonyl (C=O) groups is 1. The molecule has 0 aromatic heterocycles. The molecule has 1 heterocycles. The van der Waals surface area contributed by atoms with Crippen LogP contribution in [-0.2, 0) is 4.79 Å². The second-order valence-corrected chi connectivity index (χ2v) is 6.25. The molecule has 2 aliphatic carbocycles. The maximum atomic E-state index is 12.4. The summed E-state index contributed by atoms with van der Waals surface area (Å²) in [5.74, 6) is 2.67. The zero-order valence-electron chi connectivity index (χ0n) is 11.1. The molecule has 1 amide bonds. The van der Waals surface area contributed by atoms with Crippen molar-refractivity contribution in [1.82, 2.24) is 9.80 Å². The molecule has 3 unspecified atom stereocenters. The number of carbonyl (C=O) groups excluding carboxylic acids is 1. The van der Waals surface area contributed by atoms with Gasteiger partial charge in [0, 0.05) is 31.6 Å². The molecule has 0 bridgehead atoms. The molecule has 3 rings (SSSR count). The van der Waals surface area contributed by atoms with Crippen LogP contribution in [0.25, 0.3) is 0 Å². The normalized spacial score (nSPS) is 41.4. The lowest BCUT2D eigenvalue weighted by atomic mass is 10.0. The van der Waals surface area contributed by atoms with Crippen LogP contribution in [0.1, 0.15) is 32.6 Å². The lowest BCUT2D eigenvalue weighted by molar-refractivity contribution is -0.138. The summed E-state index contributed by atoms with van der Waals surface area (Å²) in [5.41, 5.74) is 0. The fraction of sp³-hybridized carbons (Fsp3) is 0.929. The highest BCUT2D eigenvalue weighted by molar-refractivity contribution is 5.79. The molecule has 3 aliphatic rings. The Morgan fingerprint density at radius 3 is 2.53 bits per heavy atom. The maximum absolute atomic E-state index is 12.4. The van der Waals surface area contributed by atoms with Crippen molar-refractivity contribution in [3.05, 3.63) is 0 Å². The largest absolute Gasteiger partial charge is 0.340 e. The Labute approximate surface area is 104 Å². The SMILES string of the molecule is CCC1CN(C(=O)C2CC3CC3C2)CCN1C. The number of rotatable bonds is 2. The Hall–Kier alpha value is -0.570. The predicted octanol–water partition coefficient (Wildman–Crippen LogP) is 1.59. The molecule has 17 heavy (non-hydrogen) atoms. The zero-order chi connectivity index (χ0) is 12.0. The van der Waals surface area contributed by atoms with Crippen molar-refractivity contribution < 1.29 is 4.79 Å². The first-order valence-corrected chi connectivity index (χ1v) is 7.18. The van der Waals surface area contributed by atoms with Crippen molar-refractivity contribution in [1.29, 1.82) is 0 Å². The van der Waals surface area contributed by atoms with Gasteiger partial charge < -0.3 is 4.90 Å². The predicted molar refractivity (Wildman–Crippen MR) is 67.6 cm³/mol. The molecule has 0 radical (unpaired) electrons. The van der Waals surface area contributed by atoms with Crippen LogP contribution in [0, 0.1) is 17.8 Å². The van der Waals surface area contributed by atoms with E-state index >= 15 is 0 Å². The van der Waals surface area contributed by atoms with E-state index in [-0.39, 0.29) is 0 Å². The second-order valence-electron chi connectivity index (χ2n) is 6.25. The zero-order valence-corrected chi connectivity index (χ0v) is 11.1. The van der Waals surface area contributed by atoms with Crippen LogP contribution < -0.4 is 0 Å². The lowest BCUT2D eigenvalue weighted by Crippen LogP contribution is -2.54. The van der Waals surface area contributed by atoms with Crippen LogP contribution >= 0.6 is 0 Å². The van der Waals surface area contributed by atoms with E-state index in [1.165, 1.54) is 19.3 Å². The first-order valence-electron chi connectivity index (χ1n) is 7.18. The molecule has 0 N–H and O–H groups in total. The molecule has 0 spiro atoms. The summed E-state index contributed by atoms with van der Waals surface area (Å²) in [5, 5.41) is 0. The van der Waals surface area contributed by atoms with Gasteiger partial charge in [-0.1, -0.05) is 6.92 Å². The third-order valence-corrected chi connectivity index (χ3v) is 5.15. The first kappa shape index (κ1) is 11.5. The first-order chi connectivity index (χ1) is 8.19. The fourth-order valence-corrected chi connectivity index (χ4v) is 3.76. The summed E-state index contributed by atoms with van der Waals surface area (Å²) in [6.07, 6.45) is 4.93. The Balaban J connectivity index is 1.58. The third-order valence-electron chi connectivity index (χ3n) is 5.15. The molecule has 3 heteroatoms. The minimum atomic E-state index is 0.375. The lowest BCUT2D eigenvalue weighted by Gasteiger charge is -2.40. The summed E-state index contributed by atoms with van der Waals surface area (Å²) in [6, 6.07) is 0.573. The Bertz CT molecular complexity index is 307. The van der Waals surface area contributed by atoms with Crippen molar-refractivity contribution >= 4 is 5.91 Å². The van der Waals surface area contributed by atoms with Crippen LogP contribution in [0.15, 0.2) is 0 Å². The number of hydrogen-bond donors (Lipinski definition) is 0. The van der Waals surface area contributed by atoms with E-state index in [4.69, 9.17) is 0 Å². The van der Waals surface area contributed by atoms with Crippen molar-refractivity contribution in [2.75, 3.05) is 26.7 Å².